The van der Waals surface area contributed by atoms with Gasteiger partial charge in [-0.25, -0.2) is 0 Å². The van der Waals surface area contributed by atoms with Crippen molar-refractivity contribution in [2.24, 2.45) is 0 Å². The Morgan fingerprint density at radius 2 is 1.32 bits per heavy atom. The van der Waals surface area contributed by atoms with Crippen molar-refractivity contribution in [1.82, 2.24) is 9.22 Å². The molecule has 0 unspecified atom stereocenters. The van der Waals surface area contributed by atoms with Gasteiger partial charge in [0.15, 0.2) is 0 Å². The van der Waals surface area contributed by atoms with E-state index in [0.717, 1.165) is 0 Å². The molecule has 0 saturated heterocycles. The summed E-state index contributed by atoms with van der Waals surface area (Å²) in [4.78, 5) is 3.78. The third kappa shape index (κ3) is 18.6. The Bertz CT molecular complexity index is 266. The van der Waals surface area contributed by atoms with Crippen molar-refractivity contribution < 1.29 is 0 Å². The molecule has 1 heterocycles. The molecule has 0 aliphatic rings. The van der Waals surface area contributed by atoms with Gasteiger partial charge in [0.2, 0.25) is 0 Å². The highest BCUT2D eigenvalue weighted by Gasteiger charge is 2.21. The lowest BCUT2D eigenvalue weighted by molar-refractivity contribution is 0.784. The van der Waals surface area contributed by atoms with Crippen LogP contribution in [-0.4, -0.2) is 40.2 Å². The molecule has 0 N–H and O–H groups in total. The van der Waals surface area contributed by atoms with E-state index < -0.39 is 23.9 Å². The molecular formula is C11H25Cl3N2Si3. The van der Waals surface area contributed by atoms with E-state index in [0.29, 0.717) is 0 Å². The van der Waals surface area contributed by atoms with Crippen LogP contribution in [0, 0.1) is 0 Å². The highest BCUT2D eigenvalue weighted by atomic mass is 35.8. The van der Waals surface area contributed by atoms with E-state index in [1.165, 1.54) is 0 Å². The minimum atomic E-state index is -1.72. The van der Waals surface area contributed by atoms with Crippen molar-refractivity contribution in [2.75, 3.05) is 7.05 Å². The molecule has 0 aliphatic carbocycles. The summed E-state index contributed by atoms with van der Waals surface area (Å²) in [7, 11) is 0.858. The lowest BCUT2D eigenvalue weighted by Crippen LogP contribution is -2.49. The average molecular weight is 376 g/mol. The quantitative estimate of drug-likeness (QED) is 0.567. The molecule has 0 aliphatic heterocycles. The van der Waals surface area contributed by atoms with E-state index in [-0.39, 0.29) is 0 Å². The first-order valence-corrected chi connectivity index (χ1v) is 17.6. The number of hydrogen-bond acceptors (Lipinski definition) is 2. The summed E-state index contributed by atoms with van der Waals surface area (Å²) in [5, 5.41) is 0. The lowest BCUT2D eigenvalue weighted by Gasteiger charge is -2.33. The number of nitrogens with zero attached hydrogens (tertiary/aromatic N) is 2. The maximum Gasteiger partial charge on any atom is 0.326 e. The van der Waals surface area contributed by atoms with Crippen molar-refractivity contribution in [3.63, 3.8) is 0 Å². The molecule has 0 radical (unpaired) electrons. The number of halogens is 3. The molecule has 0 saturated carbocycles. The van der Waals surface area contributed by atoms with E-state index >= 15 is 0 Å². The summed E-state index contributed by atoms with van der Waals surface area (Å²) in [6.45, 7) is 10.3. The molecule has 0 aromatic carbocycles. The zero-order chi connectivity index (χ0) is 15.5. The smallest absolute Gasteiger partial charge is 0.326 e. The van der Waals surface area contributed by atoms with Crippen LogP contribution < -0.4 is 0 Å². The molecule has 2 nitrogen and oxygen atoms in total. The van der Waals surface area contributed by atoms with Gasteiger partial charge in [0, 0.05) is 12.4 Å². The molecule has 0 amide bonds. The second kappa shape index (κ2) is 12.4. The van der Waals surface area contributed by atoms with Crippen molar-refractivity contribution in [3.8, 4) is 0 Å². The topological polar surface area (TPSA) is 16.1 Å². The van der Waals surface area contributed by atoms with E-state index in [9.17, 15) is 0 Å². The summed E-state index contributed by atoms with van der Waals surface area (Å²) < 4.78 is 2.63. The average Bonchev–Trinajstić information content (AvgIpc) is 2.29. The predicted octanol–water partition coefficient (Wildman–Crippen LogP) is 4.24. The maximum absolute atomic E-state index is 4.94. The molecule has 1 aromatic rings. The highest BCUT2D eigenvalue weighted by molar-refractivity contribution is 7.54. The van der Waals surface area contributed by atoms with Crippen LogP contribution in [0.5, 0.6) is 0 Å². The van der Waals surface area contributed by atoms with E-state index in [4.69, 9.17) is 33.2 Å². The van der Waals surface area contributed by atoms with Gasteiger partial charge in [-0.1, -0.05) is 38.8 Å². The molecule has 19 heavy (non-hydrogen) atoms. The zero-order valence-corrected chi connectivity index (χ0v) is 18.1. The molecule has 0 spiro atoms. The van der Waals surface area contributed by atoms with Crippen LogP contribution in [0.4, 0.5) is 0 Å². The van der Waals surface area contributed by atoms with E-state index in [1.807, 2.05) is 18.2 Å². The van der Waals surface area contributed by atoms with Crippen molar-refractivity contribution in [1.29, 1.82) is 0 Å². The van der Waals surface area contributed by atoms with Gasteiger partial charge in [-0.3, -0.25) is 4.98 Å². The third-order valence-electron chi connectivity index (χ3n) is 2.40. The minimum Gasteiger partial charge on any atom is -0.351 e. The Balaban J connectivity index is 0. The van der Waals surface area contributed by atoms with Crippen LogP contribution in [0.3, 0.4) is 0 Å². The summed E-state index contributed by atoms with van der Waals surface area (Å²) in [5.41, 5.74) is 0. The van der Waals surface area contributed by atoms with Gasteiger partial charge in [-0.2, -0.15) is 0 Å². The number of aromatic nitrogens is 1. The number of rotatable bonds is 2. The number of hydrogen-bond donors (Lipinski definition) is 0. The van der Waals surface area contributed by atoms with Crippen LogP contribution in [0.2, 0.25) is 32.7 Å². The van der Waals surface area contributed by atoms with Gasteiger partial charge < -0.3 is 4.23 Å². The Hall–Kier alpha value is 0.631. The minimum absolute atomic E-state index is 0.495. The molecule has 8 heteroatoms. The normalized spacial score (nSPS) is 10.7. The molecule has 1 rings (SSSR count). The first-order valence-electron chi connectivity index (χ1n) is 6.09. The fourth-order valence-electron chi connectivity index (χ4n) is 1.09. The second-order valence-electron chi connectivity index (χ2n) is 5.15. The zero-order valence-electron chi connectivity index (χ0n) is 12.6. The highest BCUT2D eigenvalue weighted by Crippen LogP contribution is 2.07. The second-order valence-corrected chi connectivity index (χ2v) is 20.1. The standard InChI is InChI=1S/C6H19NSi2.C5H5N.Cl3HSi/c1-7(8(2)3)9(4,5)6;1-2-4-6-5-3-1;1-4(2)3/h8H,1-6H3;1-5H;4H. The SMILES string of the molecule is CN([SiH](C)C)[Si](C)(C)C.Cl[SiH](Cl)Cl.c1ccncc1. The van der Waals surface area contributed by atoms with Gasteiger partial charge in [0.05, 0.1) is 8.96 Å². The molecule has 0 fully saturated rings. The van der Waals surface area contributed by atoms with E-state index in [1.54, 1.807) is 12.4 Å². The summed E-state index contributed by atoms with van der Waals surface area (Å²) >= 11 is 14.8. The van der Waals surface area contributed by atoms with Gasteiger partial charge in [-0.05, 0) is 19.2 Å². The van der Waals surface area contributed by atoms with Gasteiger partial charge in [0.25, 0.3) is 0 Å². The van der Waals surface area contributed by atoms with E-state index in [2.05, 4.69) is 49.0 Å². The van der Waals surface area contributed by atoms with Crippen molar-refractivity contribution in [3.05, 3.63) is 30.6 Å². The van der Waals surface area contributed by atoms with Crippen molar-refractivity contribution in [2.45, 2.75) is 32.7 Å². The first-order chi connectivity index (χ1) is 8.59. The third-order valence-corrected chi connectivity index (χ3v) is 9.94. The van der Waals surface area contributed by atoms with Gasteiger partial charge >= 0.3 is 6.73 Å². The summed E-state index contributed by atoms with van der Waals surface area (Å²) in [5.74, 6) is 0. The largest absolute Gasteiger partial charge is 0.351 e. The number of pyridine rings is 1. The first kappa shape index (κ1) is 21.9. The molecule has 0 atom stereocenters. The Morgan fingerprint density at radius 3 is 1.37 bits per heavy atom. The van der Waals surface area contributed by atoms with Crippen LogP contribution >= 0.6 is 33.2 Å². The monoisotopic (exact) mass is 374 g/mol. The molecule has 1 aromatic heterocycles. The molecular weight excluding hydrogens is 351 g/mol. The maximum atomic E-state index is 4.94. The Kier molecular flexibility index (Phi) is 14.3. The van der Waals surface area contributed by atoms with Crippen molar-refractivity contribution >= 4 is 57.2 Å². The Labute approximate surface area is 136 Å². The molecule has 112 valence electrons. The summed E-state index contributed by atoms with van der Waals surface area (Å²) in [6.07, 6.45) is 3.50. The van der Waals surface area contributed by atoms with Crippen LogP contribution in [0.15, 0.2) is 30.6 Å². The van der Waals surface area contributed by atoms with Gasteiger partial charge in [0.1, 0.15) is 8.24 Å². The van der Waals surface area contributed by atoms with Crippen LogP contribution in [-0.2, 0) is 0 Å². The molecule has 0 bridgehead atoms. The lowest BCUT2D eigenvalue weighted by atomic mass is 10.5. The Morgan fingerprint density at radius 1 is 0.947 bits per heavy atom. The predicted molar refractivity (Wildman–Crippen MR) is 98.9 cm³/mol. The van der Waals surface area contributed by atoms with Gasteiger partial charge in [-0.15, -0.1) is 33.2 Å². The fourth-order valence-corrected chi connectivity index (χ4v) is 7.28. The van der Waals surface area contributed by atoms with Crippen LogP contribution in [0.1, 0.15) is 0 Å². The fraction of sp³-hybridized carbons (Fsp3) is 0.545. The summed E-state index contributed by atoms with van der Waals surface area (Å²) in [6, 6.07) is 5.72. The van der Waals surface area contributed by atoms with Crippen LogP contribution in [0.25, 0.3) is 0 Å².